The first-order valence-electron chi connectivity index (χ1n) is 4.84. The average molecular weight is 194 g/mol. The number of rotatable bonds is 3. The lowest BCUT2D eigenvalue weighted by molar-refractivity contribution is 0.614. The highest BCUT2D eigenvalue weighted by molar-refractivity contribution is 5.31. The largest absolute Gasteiger partial charge is 0.370 e. The van der Waals surface area contributed by atoms with Crippen LogP contribution in [0, 0.1) is 5.92 Å². The van der Waals surface area contributed by atoms with E-state index in [0.717, 1.165) is 19.6 Å². The lowest BCUT2D eigenvalue weighted by atomic mass is 10.1. The van der Waals surface area contributed by atoms with Gasteiger partial charge in [0.05, 0.1) is 6.33 Å². The van der Waals surface area contributed by atoms with Crippen LogP contribution in [0.15, 0.2) is 17.2 Å². The van der Waals surface area contributed by atoms with Crippen molar-refractivity contribution in [2.24, 2.45) is 5.92 Å². The molecule has 76 valence electrons. The van der Waals surface area contributed by atoms with Gasteiger partial charge in [-0.15, -0.1) is 0 Å². The second-order valence-corrected chi connectivity index (χ2v) is 3.54. The van der Waals surface area contributed by atoms with Gasteiger partial charge in [0.2, 0.25) is 0 Å². The van der Waals surface area contributed by atoms with E-state index in [1.54, 1.807) is 0 Å². The van der Waals surface area contributed by atoms with Crippen LogP contribution in [-0.2, 0) is 0 Å². The van der Waals surface area contributed by atoms with E-state index < -0.39 is 0 Å². The Morgan fingerprint density at radius 3 is 3.29 bits per heavy atom. The molecule has 1 aromatic rings. The first kappa shape index (κ1) is 9.21. The van der Waals surface area contributed by atoms with Crippen LogP contribution in [0.5, 0.6) is 0 Å². The van der Waals surface area contributed by atoms with E-state index in [4.69, 9.17) is 0 Å². The quantitative estimate of drug-likeness (QED) is 0.623. The molecule has 1 unspecified atom stereocenters. The van der Waals surface area contributed by atoms with Crippen molar-refractivity contribution in [1.82, 2.24) is 15.3 Å². The maximum Gasteiger partial charge on any atom is 0.252 e. The predicted octanol–water partition coefficient (Wildman–Crippen LogP) is -0.209. The van der Waals surface area contributed by atoms with Crippen molar-refractivity contribution in [3.8, 4) is 0 Å². The molecule has 0 saturated carbocycles. The van der Waals surface area contributed by atoms with Crippen molar-refractivity contribution < 1.29 is 0 Å². The molecule has 5 nitrogen and oxygen atoms in total. The van der Waals surface area contributed by atoms with E-state index in [2.05, 4.69) is 20.6 Å². The molecule has 1 aromatic heterocycles. The molecule has 0 amide bonds. The van der Waals surface area contributed by atoms with Crippen LogP contribution in [0.4, 0.5) is 5.82 Å². The van der Waals surface area contributed by atoms with Crippen LogP contribution in [0.1, 0.15) is 6.42 Å². The van der Waals surface area contributed by atoms with Crippen molar-refractivity contribution in [2.45, 2.75) is 6.42 Å². The van der Waals surface area contributed by atoms with Gasteiger partial charge in [-0.2, -0.15) is 0 Å². The molecule has 1 saturated heterocycles. The van der Waals surface area contributed by atoms with Gasteiger partial charge < -0.3 is 15.6 Å². The Hall–Kier alpha value is -1.36. The average Bonchev–Trinajstić information content (AvgIpc) is 2.67. The molecular formula is C9H14N4O. The summed E-state index contributed by atoms with van der Waals surface area (Å²) in [5.41, 5.74) is -0.118. The highest BCUT2D eigenvalue weighted by Crippen LogP contribution is 2.07. The zero-order valence-corrected chi connectivity index (χ0v) is 7.92. The summed E-state index contributed by atoms with van der Waals surface area (Å²) >= 11 is 0. The molecule has 1 aliphatic heterocycles. The minimum atomic E-state index is -0.118. The first-order chi connectivity index (χ1) is 6.84. The summed E-state index contributed by atoms with van der Waals surface area (Å²) < 4.78 is 0. The molecule has 14 heavy (non-hydrogen) atoms. The van der Waals surface area contributed by atoms with Crippen LogP contribution in [0.2, 0.25) is 0 Å². The van der Waals surface area contributed by atoms with Gasteiger partial charge in [-0.05, 0) is 25.4 Å². The number of H-pyrrole nitrogens is 1. The Balaban J connectivity index is 1.88. The fourth-order valence-electron chi connectivity index (χ4n) is 1.60. The number of hydrogen-bond acceptors (Lipinski definition) is 4. The molecule has 3 N–H and O–H groups in total. The van der Waals surface area contributed by atoms with Crippen LogP contribution < -0.4 is 16.2 Å². The SMILES string of the molecule is O=c1cc(NCC2CCNC2)nc[nH]1. The summed E-state index contributed by atoms with van der Waals surface area (Å²) in [6.07, 6.45) is 2.60. The van der Waals surface area contributed by atoms with Gasteiger partial charge in [-0.3, -0.25) is 4.79 Å². The van der Waals surface area contributed by atoms with E-state index >= 15 is 0 Å². The van der Waals surface area contributed by atoms with Crippen molar-refractivity contribution in [3.63, 3.8) is 0 Å². The molecule has 0 spiro atoms. The van der Waals surface area contributed by atoms with Crippen LogP contribution in [0.3, 0.4) is 0 Å². The Morgan fingerprint density at radius 2 is 2.57 bits per heavy atom. The number of aromatic amines is 1. The summed E-state index contributed by atoms with van der Waals surface area (Å²) in [4.78, 5) is 17.4. The van der Waals surface area contributed by atoms with E-state index in [-0.39, 0.29) is 5.56 Å². The fraction of sp³-hybridized carbons (Fsp3) is 0.556. The molecular weight excluding hydrogens is 180 g/mol. The van der Waals surface area contributed by atoms with Crippen LogP contribution >= 0.6 is 0 Å². The third-order valence-electron chi connectivity index (χ3n) is 2.41. The van der Waals surface area contributed by atoms with Gasteiger partial charge in [0.1, 0.15) is 5.82 Å². The van der Waals surface area contributed by atoms with Gasteiger partial charge in [-0.25, -0.2) is 4.98 Å². The van der Waals surface area contributed by atoms with E-state index in [1.807, 2.05) is 0 Å². The topological polar surface area (TPSA) is 69.8 Å². The second-order valence-electron chi connectivity index (χ2n) is 3.54. The summed E-state index contributed by atoms with van der Waals surface area (Å²) in [7, 11) is 0. The molecule has 5 heteroatoms. The summed E-state index contributed by atoms with van der Waals surface area (Å²) in [5, 5.41) is 6.45. The van der Waals surface area contributed by atoms with Gasteiger partial charge >= 0.3 is 0 Å². The lowest BCUT2D eigenvalue weighted by Crippen LogP contribution is -2.18. The molecule has 0 bridgehead atoms. The summed E-state index contributed by atoms with van der Waals surface area (Å²) in [5.74, 6) is 1.30. The van der Waals surface area contributed by atoms with Gasteiger partial charge in [0.15, 0.2) is 0 Å². The van der Waals surface area contributed by atoms with Gasteiger partial charge in [-0.1, -0.05) is 0 Å². The standard InChI is InChI=1S/C9H14N4O/c14-9-3-8(12-6-13-9)11-5-7-1-2-10-4-7/h3,6-7,10H,1-2,4-5H2,(H2,11,12,13,14). The highest BCUT2D eigenvalue weighted by Gasteiger charge is 2.13. The Bertz CT molecular complexity index is 343. The number of nitrogens with zero attached hydrogens (tertiary/aromatic N) is 1. The predicted molar refractivity (Wildman–Crippen MR) is 54.3 cm³/mol. The molecule has 2 heterocycles. The Kier molecular flexibility index (Phi) is 2.78. The summed E-state index contributed by atoms with van der Waals surface area (Å²) in [6.45, 7) is 3.02. The molecule has 1 fully saturated rings. The third kappa shape index (κ3) is 2.32. The molecule has 0 aliphatic carbocycles. The molecule has 0 aromatic carbocycles. The fourth-order valence-corrected chi connectivity index (χ4v) is 1.60. The maximum absolute atomic E-state index is 10.9. The van der Waals surface area contributed by atoms with Crippen molar-refractivity contribution in [3.05, 3.63) is 22.7 Å². The van der Waals surface area contributed by atoms with Gasteiger partial charge in [0.25, 0.3) is 5.56 Å². The minimum Gasteiger partial charge on any atom is -0.370 e. The Morgan fingerprint density at radius 1 is 1.64 bits per heavy atom. The molecule has 0 radical (unpaired) electrons. The Labute approximate surface area is 82.0 Å². The first-order valence-corrected chi connectivity index (χ1v) is 4.84. The maximum atomic E-state index is 10.9. The molecule has 2 rings (SSSR count). The van der Waals surface area contributed by atoms with E-state index in [1.165, 1.54) is 18.8 Å². The zero-order chi connectivity index (χ0) is 9.80. The second kappa shape index (κ2) is 4.23. The lowest BCUT2D eigenvalue weighted by Gasteiger charge is -2.09. The molecule has 1 atom stereocenters. The van der Waals surface area contributed by atoms with Gasteiger partial charge in [0, 0.05) is 12.6 Å². The smallest absolute Gasteiger partial charge is 0.252 e. The number of aromatic nitrogens is 2. The van der Waals surface area contributed by atoms with Crippen molar-refractivity contribution >= 4 is 5.82 Å². The third-order valence-corrected chi connectivity index (χ3v) is 2.41. The molecule has 1 aliphatic rings. The highest BCUT2D eigenvalue weighted by atomic mass is 16.1. The monoisotopic (exact) mass is 194 g/mol. The normalized spacial score (nSPS) is 21.0. The minimum absolute atomic E-state index is 0.118. The number of hydrogen-bond donors (Lipinski definition) is 3. The van der Waals surface area contributed by atoms with E-state index in [0.29, 0.717) is 11.7 Å². The summed E-state index contributed by atoms with van der Waals surface area (Å²) in [6, 6.07) is 1.47. The van der Waals surface area contributed by atoms with Crippen molar-refractivity contribution in [2.75, 3.05) is 25.0 Å². The van der Waals surface area contributed by atoms with E-state index in [9.17, 15) is 4.79 Å². The van der Waals surface area contributed by atoms with Crippen LogP contribution in [0.25, 0.3) is 0 Å². The number of nitrogens with one attached hydrogen (secondary N) is 3. The van der Waals surface area contributed by atoms with Crippen molar-refractivity contribution in [1.29, 1.82) is 0 Å². The van der Waals surface area contributed by atoms with Crippen LogP contribution in [-0.4, -0.2) is 29.6 Å². The zero-order valence-electron chi connectivity index (χ0n) is 7.92. The number of anilines is 1.